The third-order valence-electron chi connectivity index (χ3n) is 2.24. The summed E-state index contributed by atoms with van der Waals surface area (Å²) in [5, 5.41) is 8.35. The summed E-state index contributed by atoms with van der Waals surface area (Å²) < 4.78 is 26.1. The lowest BCUT2D eigenvalue weighted by molar-refractivity contribution is -0.139. The highest BCUT2D eigenvalue weighted by molar-refractivity contribution is 5.83. The van der Waals surface area contributed by atoms with Crippen molar-refractivity contribution in [1.82, 2.24) is 10.4 Å². The first-order valence-electron chi connectivity index (χ1n) is 4.19. The van der Waals surface area contributed by atoms with E-state index in [2.05, 4.69) is 0 Å². The highest BCUT2D eigenvalue weighted by Crippen LogP contribution is 2.34. The standard InChI is InChI=1S/C8H10F2N2O3/c1-12-4-8(9,10)2-5(6(12)3-13)7(14)11-15/h5,15H,2,4H2,1H3,(H,11,14). The van der Waals surface area contributed by atoms with Gasteiger partial charge in [-0.2, -0.15) is 0 Å². The van der Waals surface area contributed by atoms with Gasteiger partial charge in [0.15, 0.2) is 0 Å². The maximum atomic E-state index is 13.1. The number of hydroxylamine groups is 1. The number of hydrogen-bond donors (Lipinski definition) is 2. The molecule has 0 aliphatic carbocycles. The number of carbonyl (C=O) groups is 1. The summed E-state index contributed by atoms with van der Waals surface area (Å²) in [6.07, 6.45) is -0.797. The largest absolute Gasteiger partial charge is 0.362 e. The van der Waals surface area contributed by atoms with Crippen LogP contribution in [0.15, 0.2) is 5.70 Å². The van der Waals surface area contributed by atoms with Crippen LogP contribution in [0.5, 0.6) is 0 Å². The highest BCUT2D eigenvalue weighted by atomic mass is 19.3. The molecule has 1 amide bonds. The zero-order chi connectivity index (χ0) is 11.6. The van der Waals surface area contributed by atoms with Gasteiger partial charge >= 0.3 is 0 Å². The maximum Gasteiger partial charge on any atom is 0.266 e. The minimum Gasteiger partial charge on any atom is -0.362 e. The second-order valence-electron chi connectivity index (χ2n) is 3.43. The molecule has 1 rings (SSSR count). The van der Waals surface area contributed by atoms with Crippen molar-refractivity contribution in [3.8, 4) is 0 Å². The molecule has 0 bridgehead atoms. The molecule has 1 aliphatic heterocycles. The molecule has 0 aromatic carbocycles. The van der Waals surface area contributed by atoms with Gasteiger partial charge in [0, 0.05) is 13.5 Å². The van der Waals surface area contributed by atoms with E-state index in [1.54, 1.807) is 0 Å². The van der Waals surface area contributed by atoms with E-state index in [1.165, 1.54) is 18.5 Å². The van der Waals surface area contributed by atoms with E-state index in [0.29, 0.717) is 0 Å². The maximum absolute atomic E-state index is 13.1. The molecule has 1 fully saturated rings. The number of rotatable bonds is 1. The zero-order valence-corrected chi connectivity index (χ0v) is 7.96. The Morgan fingerprint density at radius 1 is 1.73 bits per heavy atom. The quantitative estimate of drug-likeness (QED) is 0.364. The number of nitrogens with zero attached hydrogens (tertiary/aromatic N) is 1. The normalized spacial score (nSPS) is 24.7. The van der Waals surface area contributed by atoms with E-state index < -0.39 is 30.7 Å². The van der Waals surface area contributed by atoms with Gasteiger partial charge in [-0.3, -0.25) is 10.0 Å². The Kier molecular flexibility index (Phi) is 3.06. The molecule has 7 heteroatoms. The predicted molar refractivity (Wildman–Crippen MR) is 44.8 cm³/mol. The number of amides is 1. The average molecular weight is 220 g/mol. The summed E-state index contributed by atoms with van der Waals surface area (Å²) in [5.74, 6) is -4.01. The van der Waals surface area contributed by atoms with Crippen LogP contribution in [0, 0.1) is 5.92 Å². The molecule has 0 spiro atoms. The molecule has 1 atom stereocenters. The van der Waals surface area contributed by atoms with Gasteiger partial charge in [-0.25, -0.2) is 19.1 Å². The fourth-order valence-corrected chi connectivity index (χ4v) is 1.60. The fraction of sp³-hybridized carbons (Fsp3) is 0.625. The summed E-state index contributed by atoms with van der Waals surface area (Å²) >= 11 is 0. The molecule has 2 N–H and O–H groups in total. The second-order valence-corrected chi connectivity index (χ2v) is 3.43. The molecule has 0 saturated carbocycles. The Hall–Kier alpha value is -1.46. The SMILES string of the molecule is CN1CC(F)(F)CC(C(=O)NO)C1=C=O. The van der Waals surface area contributed by atoms with Gasteiger partial charge in [0.2, 0.25) is 0 Å². The van der Waals surface area contributed by atoms with Crippen molar-refractivity contribution in [3.05, 3.63) is 5.70 Å². The Balaban J connectivity index is 3.00. The molecule has 1 saturated heterocycles. The monoisotopic (exact) mass is 220 g/mol. The fourth-order valence-electron chi connectivity index (χ4n) is 1.60. The van der Waals surface area contributed by atoms with Crippen molar-refractivity contribution in [3.63, 3.8) is 0 Å². The van der Waals surface area contributed by atoms with Gasteiger partial charge in [0.05, 0.1) is 12.5 Å². The molecule has 5 nitrogen and oxygen atoms in total. The molecule has 1 unspecified atom stereocenters. The van der Waals surface area contributed by atoms with Gasteiger partial charge in [0.1, 0.15) is 11.6 Å². The van der Waals surface area contributed by atoms with Crippen LogP contribution < -0.4 is 5.48 Å². The van der Waals surface area contributed by atoms with Crippen LogP contribution in [0.1, 0.15) is 6.42 Å². The second kappa shape index (κ2) is 3.96. The van der Waals surface area contributed by atoms with Gasteiger partial charge in [-0.1, -0.05) is 0 Å². The van der Waals surface area contributed by atoms with E-state index in [-0.39, 0.29) is 5.70 Å². The van der Waals surface area contributed by atoms with Crippen LogP contribution in [-0.2, 0) is 9.59 Å². The lowest BCUT2D eigenvalue weighted by atomic mass is 9.92. The van der Waals surface area contributed by atoms with Gasteiger partial charge in [-0.05, 0) is 0 Å². The van der Waals surface area contributed by atoms with Crippen LogP contribution in [-0.4, -0.2) is 41.5 Å². The summed E-state index contributed by atoms with van der Waals surface area (Å²) in [6, 6.07) is 0. The number of carbonyl (C=O) groups excluding carboxylic acids is 2. The summed E-state index contributed by atoms with van der Waals surface area (Å²) in [6.45, 7) is -0.632. The van der Waals surface area contributed by atoms with Crippen LogP contribution in [0.3, 0.4) is 0 Å². The van der Waals surface area contributed by atoms with Crippen LogP contribution in [0.25, 0.3) is 0 Å². The first kappa shape index (κ1) is 11.6. The minimum atomic E-state index is -3.06. The molecule has 0 aromatic rings. The summed E-state index contributed by atoms with van der Waals surface area (Å²) in [7, 11) is 1.27. The van der Waals surface area contributed by atoms with E-state index in [1.807, 2.05) is 0 Å². The number of hydrogen-bond acceptors (Lipinski definition) is 4. The van der Waals surface area contributed by atoms with Crippen molar-refractivity contribution in [1.29, 1.82) is 0 Å². The Bertz CT molecular complexity index is 326. The van der Waals surface area contributed by atoms with E-state index in [0.717, 1.165) is 4.90 Å². The Morgan fingerprint density at radius 2 is 2.33 bits per heavy atom. The van der Waals surface area contributed by atoms with Gasteiger partial charge < -0.3 is 4.90 Å². The summed E-state index contributed by atoms with van der Waals surface area (Å²) in [4.78, 5) is 22.5. The smallest absolute Gasteiger partial charge is 0.266 e. The molecular weight excluding hydrogens is 210 g/mol. The molecular formula is C8H10F2N2O3. The van der Waals surface area contributed by atoms with Crippen molar-refractivity contribution < 1.29 is 23.6 Å². The van der Waals surface area contributed by atoms with Crippen molar-refractivity contribution in [2.45, 2.75) is 12.3 Å². The van der Waals surface area contributed by atoms with E-state index >= 15 is 0 Å². The lowest BCUT2D eigenvalue weighted by Gasteiger charge is -2.35. The Morgan fingerprint density at radius 3 is 2.80 bits per heavy atom. The number of halogens is 2. The molecule has 0 radical (unpaired) electrons. The molecule has 1 aliphatic rings. The van der Waals surface area contributed by atoms with E-state index in [4.69, 9.17) is 5.21 Å². The summed E-state index contributed by atoms with van der Waals surface area (Å²) in [5.41, 5.74) is 1.09. The third-order valence-corrected chi connectivity index (χ3v) is 2.24. The first-order valence-corrected chi connectivity index (χ1v) is 4.19. The molecule has 15 heavy (non-hydrogen) atoms. The number of piperidine rings is 1. The van der Waals surface area contributed by atoms with Gasteiger partial charge in [-0.15, -0.1) is 0 Å². The number of likely N-dealkylation sites (tertiary alicyclic amines) is 1. The molecule has 84 valence electrons. The van der Waals surface area contributed by atoms with Crippen molar-refractivity contribution >= 4 is 11.8 Å². The topological polar surface area (TPSA) is 69.6 Å². The molecule has 1 heterocycles. The lowest BCUT2D eigenvalue weighted by Crippen LogP contribution is -2.48. The Labute approximate surface area is 84.3 Å². The highest BCUT2D eigenvalue weighted by Gasteiger charge is 2.45. The zero-order valence-electron chi connectivity index (χ0n) is 7.96. The van der Waals surface area contributed by atoms with Crippen molar-refractivity contribution in [2.24, 2.45) is 5.92 Å². The average Bonchev–Trinajstić information content (AvgIpc) is 2.14. The van der Waals surface area contributed by atoms with Crippen LogP contribution in [0.2, 0.25) is 0 Å². The third kappa shape index (κ3) is 2.31. The van der Waals surface area contributed by atoms with Gasteiger partial charge in [0.25, 0.3) is 11.8 Å². The minimum absolute atomic E-state index is 0.174. The van der Waals surface area contributed by atoms with Crippen molar-refractivity contribution in [2.75, 3.05) is 13.6 Å². The van der Waals surface area contributed by atoms with E-state index in [9.17, 15) is 18.4 Å². The number of nitrogens with one attached hydrogen (secondary N) is 1. The van der Waals surface area contributed by atoms with Crippen LogP contribution in [0.4, 0.5) is 8.78 Å². The molecule has 0 aromatic heterocycles. The predicted octanol–water partition coefficient (Wildman–Crippen LogP) is -0.206. The van der Waals surface area contributed by atoms with Crippen LogP contribution >= 0.6 is 0 Å². The number of alkyl halides is 2. The first-order chi connectivity index (χ1) is 6.91.